The third kappa shape index (κ3) is 9.17. The summed E-state index contributed by atoms with van der Waals surface area (Å²) in [6.45, 7) is 15.0. The van der Waals surface area contributed by atoms with Crippen molar-refractivity contribution in [1.29, 1.82) is 0 Å². The number of benzene rings is 1. The van der Waals surface area contributed by atoms with Crippen LogP contribution in [0.1, 0.15) is 73.0 Å². The van der Waals surface area contributed by atoms with E-state index in [-0.39, 0.29) is 17.9 Å². The van der Waals surface area contributed by atoms with Crippen molar-refractivity contribution in [2.24, 2.45) is 11.8 Å². The average molecular weight is 446 g/mol. The van der Waals surface area contributed by atoms with Gasteiger partial charge in [-0.1, -0.05) is 88.8 Å². The monoisotopic (exact) mass is 445 g/mol. The van der Waals surface area contributed by atoms with Crippen molar-refractivity contribution in [1.82, 2.24) is 4.90 Å². The Morgan fingerprint density at radius 2 is 1.81 bits per heavy atom. The van der Waals surface area contributed by atoms with Gasteiger partial charge in [0.25, 0.3) is 0 Å². The summed E-state index contributed by atoms with van der Waals surface area (Å²) in [6.07, 6.45) is 6.43. The van der Waals surface area contributed by atoms with Crippen molar-refractivity contribution in [2.75, 3.05) is 19.7 Å². The summed E-state index contributed by atoms with van der Waals surface area (Å²) in [5.41, 5.74) is 2.07. The highest BCUT2D eigenvalue weighted by Gasteiger charge is 2.35. The fourth-order valence-electron chi connectivity index (χ4n) is 3.34. The second-order valence-corrected chi connectivity index (χ2v) is 8.90. The molecule has 1 amide bonds. The summed E-state index contributed by atoms with van der Waals surface area (Å²) in [5, 5.41) is 11.1. The SMILES string of the molecule is C/C=C\C(=C/C)CCN(C[C@H](OC(O)(CC)C(C)C)c1ccccc1)C(=O)OCC(C)C. The van der Waals surface area contributed by atoms with Crippen LogP contribution < -0.4 is 0 Å². The van der Waals surface area contributed by atoms with Gasteiger partial charge < -0.3 is 19.5 Å². The van der Waals surface area contributed by atoms with E-state index < -0.39 is 11.9 Å². The first-order chi connectivity index (χ1) is 15.2. The summed E-state index contributed by atoms with van der Waals surface area (Å²) in [6, 6.07) is 9.76. The average Bonchev–Trinajstić information content (AvgIpc) is 2.78. The van der Waals surface area contributed by atoms with E-state index in [0.717, 1.165) is 11.1 Å². The quantitative estimate of drug-likeness (QED) is 0.278. The van der Waals surface area contributed by atoms with Gasteiger partial charge in [0.2, 0.25) is 0 Å². The number of ether oxygens (including phenoxy) is 2. The van der Waals surface area contributed by atoms with E-state index in [9.17, 15) is 9.90 Å². The largest absolute Gasteiger partial charge is 0.449 e. The molecule has 0 aromatic heterocycles. The first kappa shape index (κ1) is 27.9. The lowest BCUT2D eigenvalue weighted by Crippen LogP contribution is -2.43. The zero-order valence-corrected chi connectivity index (χ0v) is 21.0. The summed E-state index contributed by atoms with van der Waals surface area (Å²) in [4.78, 5) is 14.7. The maximum absolute atomic E-state index is 13.0. The normalized spacial score (nSPS) is 15.2. The van der Waals surface area contributed by atoms with Crippen LogP contribution in [-0.2, 0) is 9.47 Å². The van der Waals surface area contributed by atoms with Crippen LogP contribution >= 0.6 is 0 Å². The Labute approximate surface area is 195 Å². The maximum atomic E-state index is 13.0. The van der Waals surface area contributed by atoms with Crippen molar-refractivity contribution in [3.05, 3.63) is 59.7 Å². The summed E-state index contributed by atoms with van der Waals surface area (Å²) < 4.78 is 11.9. The van der Waals surface area contributed by atoms with Crippen LogP contribution in [0.15, 0.2) is 54.1 Å². The highest BCUT2D eigenvalue weighted by Crippen LogP contribution is 2.31. The van der Waals surface area contributed by atoms with Crippen LogP contribution in [0, 0.1) is 11.8 Å². The lowest BCUT2D eigenvalue weighted by Gasteiger charge is -2.37. The van der Waals surface area contributed by atoms with Gasteiger partial charge in [-0.05, 0) is 38.2 Å². The fraction of sp³-hybridized carbons (Fsp3) is 0.593. The number of rotatable bonds is 13. The predicted octanol–water partition coefficient (Wildman–Crippen LogP) is 6.51. The Morgan fingerprint density at radius 1 is 1.16 bits per heavy atom. The molecule has 5 nitrogen and oxygen atoms in total. The zero-order valence-electron chi connectivity index (χ0n) is 21.0. The number of amides is 1. The van der Waals surface area contributed by atoms with Gasteiger partial charge in [0.1, 0.15) is 6.10 Å². The molecule has 0 saturated heterocycles. The van der Waals surface area contributed by atoms with Crippen LogP contribution in [0.4, 0.5) is 4.79 Å². The Morgan fingerprint density at radius 3 is 2.31 bits per heavy atom. The molecule has 2 atom stereocenters. The van der Waals surface area contributed by atoms with E-state index in [1.807, 2.05) is 84.9 Å². The summed E-state index contributed by atoms with van der Waals surface area (Å²) >= 11 is 0. The number of carbonyl (C=O) groups excluding carboxylic acids is 1. The van der Waals surface area contributed by atoms with E-state index in [2.05, 4.69) is 12.2 Å². The van der Waals surface area contributed by atoms with Crippen molar-refractivity contribution < 1.29 is 19.4 Å². The van der Waals surface area contributed by atoms with E-state index in [4.69, 9.17) is 9.47 Å². The Kier molecular flexibility index (Phi) is 12.3. The molecule has 0 aliphatic rings. The molecule has 0 saturated carbocycles. The Hall–Kier alpha value is -2.11. The van der Waals surface area contributed by atoms with Crippen LogP contribution in [0.2, 0.25) is 0 Å². The molecule has 1 unspecified atom stereocenters. The molecule has 5 heteroatoms. The molecule has 32 heavy (non-hydrogen) atoms. The molecule has 1 aromatic rings. The lowest BCUT2D eigenvalue weighted by molar-refractivity contribution is -0.259. The second-order valence-electron chi connectivity index (χ2n) is 8.90. The molecular weight excluding hydrogens is 402 g/mol. The molecule has 1 N–H and O–H groups in total. The van der Waals surface area contributed by atoms with E-state index in [1.54, 1.807) is 4.90 Å². The molecule has 0 spiro atoms. The van der Waals surface area contributed by atoms with Gasteiger partial charge >= 0.3 is 6.09 Å². The van der Waals surface area contributed by atoms with Gasteiger partial charge in [0.05, 0.1) is 13.2 Å². The second kappa shape index (κ2) is 14.1. The van der Waals surface area contributed by atoms with Crippen molar-refractivity contribution in [2.45, 2.75) is 73.2 Å². The smallest absolute Gasteiger partial charge is 0.409 e. The molecule has 0 aliphatic heterocycles. The Bertz CT molecular complexity index is 726. The third-order valence-electron chi connectivity index (χ3n) is 5.53. The molecule has 0 radical (unpaired) electrons. The van der Waals surface area contributed by atoms with Gasteiger partial charge in [-0.15, -0.1) is 0 Å². The standard InChI is InChI=1S/C27H43NO4/c1-8-14-23(9-2)17-18-28(26(29)31-20-21(4)5)19-25(24-15-12-11-13-16-24)32-27(30,10-3)22(6)7/h8-9,11-16,21-22,25,30H,10,17-20H2,1-7H3/b14-8-,23-9+/t25-,27?/m0/s1. The van der Waals surface area contributed by atoms with Crippen molar-refractivity contribution in [3.63, 3.8) is 0 Å². The summed E-state index contributed by atoms with van der Waals surface area (Å²) in [5.74, 6) is -1.13. The van der Waals surface area contributed by atoms with Crippen LogP contribution in [0.5, 0.6) is 0 Å². The van der Waals surface area contributed by atoms with Gasteiger partial charge in [-0.3, -0.25) is 0 Å². The minimum absolute atomic E-state index is 0.0932. The van der Waals surface area contributed by atoms with Gasteiger partial charge in [-0.25, -0.2) is 4.79 Å². The van der Waals surface area contributed by atoms with E-state index in [1.165, 1.54) is 0 Å². The first-order valence-electron chi connectivity index (χ1n) is 11.8. The number of nitrogens with zero attached hydrogens (tertiary/aromatic N) is 1. The molecule has 0 aliphatic carbocycles. The number of hydrogen-bond acceptors (Lipinski definition) is 4. The molecule has 0 fully saturated rings. The van der Waals surface area contributed by atoms with Gasteiger partial charge in [-0.2, -0.15) is 0 Å². The van der Waals surface area contributed by atoms with E-state index >= 15 is 0 Å². The number of hydrogen-bond donors (Lipinski definition) is 1. The third-order valence-corrected chi connectivity index (χ3v) is 5.53. The molecular formula is C27H43NO4. The maximum Gasteiger partial charge on any atom is 0.409 e. The van der Waals surface area contributed by atoms with E-state index in [0.29, 0.717) is 32.5 Å². The van der Waals surface area contributed by atoms with Gasteiger partial charge in [0.15, 0.2) is 5.79 Å². The predicted molar refractivity (Wildman–Crippen MR) is 131 cm³/mol. The molecule has 0 bridgehead atoms. The van der Waals surface area contributed by atoms with Gasteiger partial charge in [0, 0.05) is 12.5 Å². The number of aliphatic hydroxyl groups is 1. The van der Waals surface area contributed by atoms with Crippen LogP contribution in [0.25, 0.3) is 0 Å². The molecule has 1 rings (SSSR count). The first-order valence-corrected chi connectivity index (χ1v) is 11.8. The Balaban J connectivity index is 3.19. The highest BCUT2D eigenvalue weighted by molar-refractivity contribution is 5.67. The van der Waals surface area contributed by atoms with Crippen molar-refractivity contribution in [3.8, 4) is 0 Å². The zero-order chi connectivity index (χ0) is 24.1. The van der Waals surface area contributed by atoms with Crippen LogP contribution in [0.3, 0.4) is 0 Å². The molecule has 180 valence electrons. The number of allylic oxidation sites excluding steroid dienone is 3. The molecule has 1 aromatic carbocycles. The molecule has 0 heterocycles. The topological polar surface area (TPSA) is 59.0 Å². The minimum Gasteiger partial charge on any atom is -0.449 e. The number of carbonyl (C=O) groups is 1. The summed E-state index contributed by atoms with van der Waals surface area (Å²) in [7, 11) is 0. The fourth-order valence-corrected chi connectivity index (χ4v) is 3.34. The highest BCUT2D eigenvalue weighted by atomic mass is 16.6. The van der Waals surface area contributed by atoms with Crippen molar-refractivity contribution >= 4 is 6.09 Å². The lowest BCUT2D eigenvalue weighted by atomic mass is 9.99. The van der Waals surface area contributed by atoms with Crippen LogP contribution in [-0.4, -0.2) is 41.6 Å². The minimum atomic E-state index is -1.28.